The lowest BCUT2D eigenvalue weighted by Gasteiger charge is -2.18. The summed E-state index contributed by atoms with van der Waals surface area (Å²) in [5, 5.41) is 4.61. The van der Waals surface area contributed by atoms with Gasteiger partial charge >= 0.3 is 6.09 Å². The number of aromatic nitrogens is 3. The molecule has 0 amide bonds. The Kier molecular flexibility index (Phi) is 3.37. The van der Waals surface area contributed by atoms with Gasteiger partial charge in [-0.2, -0.15) is 9.78 Å². The highest BCUT2D eigenvalue weighted by Gasteiger charge is 2.18. The van der Waals surface area contributed by atoms with Gasteiger partial charge in [0, 0.05) is 11.8 Å². The van der Waals surface area contributed by atoms with Crippen LogP contribution in [0.3, 0.4) is 0 Å². The van der Waals surface area contributed by atoms with Gasteiger partial charge in [-0.3, -0.25) is 0 Å². The van der Waals surface area contributed by atoms with Crippen LogP contribution >= 0.6 is 11.3 Å². The monoisotopic (exact) mass is 316 g/mol. The lowest BCUT2D eigenvalue weighted by atomic mass is 10.1. The van der Waals surface area contributed by atoms with Crippen molar-refractivity contribution in [1.82, 2.24) is 14.8 Å². The number of fused-ring (bicyclic) bond motifs is 1. The molecular formula is C15H16N4O2S. The van der Waals surface area contributed by atoms with E-state index in [0.29, 0.717) is 5.13 Å². The SMILES string of the molecule is CC(C)(C)OC(=O)n1cc(-c2ccc3nc(N)sc3c2)cn1. The maximum atomic E-state index is 12.0. The zero-order valence-corrected chi connectivity index (χ0v) is 13.3. The molecule has 7 heteroatoms. The van der Waals surface area contributed by atoms with Gasteiger partial charge < -0.3 is 10.5 Å². The molecule has 3 aromatic rings. The summed E-state index contributed by atoms with van der Waals surface area (Å²) in [7, 11) is 0. The first-order chi connectivity index (χ1) is 10.3. The van der Waals surface area contributed by atoms with Crippen LogP contribution in [0.25, 0.3) is 21.3 Å². The minimum Gasteiger partial charge on any atom is -0.442 e. The summed E-state index contributed by atoms with van der Waals surface area (Å²) in [5.74, 6) is 0. The van der Waals surface area contributed by atoms with E-state index >= 15 is 0 Å². The second-order valence-corrected chi connectivity index (χ2v) is 6.95. The lowest BCUT2D eigenvalue weighted by molar-refractivity contribution is 0.0514. The molecular weight excluding hydrogens is 300 g/mol. The molecule has 2 N–H and O–H groups in total. The highest BCUT2D eigenvalue weighted by molar-refractivity contribution is 7.22. The number of nitrogens with zero attached hydrogens (tertiary/aromatic N) is 3. The molecule has 114 valence electrons. The first kappa shape index (κ1) is 14.5. The zero-order valence-electron chi connectivity index (χ0n) is 12.5. The van der Waals surface area contributed by atoms with Crippen LogP contribution in [0.2, 0.25) is 0 Å². The molecule has 2 heterocycles. The number of carbonyl (C=O) groups excluding carboxylic acids is 1. The van der Waals surface area contributed by atoms with E-state index in [1.165, 1.54) is 16.0 Å². The fourth-order valence-corrected chi connectivity index (χ4v) is 2.78. The predicted molar refractivity (Wildman–Crippen MR) is 86.9 cm³/mol. The van der Waals surface area contributed by atoms with E-state index < -0.39 is 11.7 Å². The van der Waals surface area contributed by atoms with Gasteiger partial charge in [0.25, 0.3) is 0 Å². The molecule has 22 heavy (non-hydrogen) atoms. The Balaban J connectivity index is 1.90. The topological polar surface area (TPSA) is 83.0 Å². The molecule has 0 bridgehead atoms. The van der Waals surface area contributed by atoms with E-state index in [4.69, 9.17) is 10.5 Å². The molecule has 0 aliphatic rings. The number of hydrogen-bond acceptors (Lipinski definition) is 6. The number of thiazole rings is 1. The lowest BCUT2D eigenvalue weighted by Crippen LogP contribution is -2.27. The number of anilines is 1. The third-order valence-corrected chi connectivity index (χ3v) is 3.75. The quantitative estimate of drug-likeness (QED) is 0.742. The van der Waals surface area contributed by atoms with Crippen molar-refractivity contribution < 1.29 is 9.53 Å². The number of benzene rings is 1. The second kappa shape index (κ2) is 5.10. The summed E-state index contributed by atoms with van der Waals surface area (Å²) in [5.41, 5.74) is 7.81. The van der Waals surface area contributed by atoms with Gasteiger partial charge in [-0.25, -0.2) is 9.78 Å². The van der Waals surface area contributed by atoms with E-state index in [-0.39, 0.29) is 0 Å². The third-order valence-electron chi connectivity index (χ3n) is 2.90. The summed E-state index contributed by atoms with van der Waals surface area (Å²) in [6.07, 6.45) is 2.79. The molecule has 0 saturated carbocycles. The van der Waals surface area contributed by atoms with Crippen molar-refractivity contribution in [2.45, 2.75) is 26.4 Å². The number of nitrogens with two attached hydrogens (primary N) is 1. The average molecular weight is 316 g/mol. The smallest absolute Gasteiger partial charge is 0.435 e. The van der Waals surface area contributed by atoms with Crippen LogP contribution in [0.4, 0.5) is 9.93 Å². The summed E-state index contributed by atoms with van der Waals surface area (Å²) in [6, 6.07) is 5.82. The number of nitrogen functional groups attached to an aromatic ring is 1. The van der Waals surface area contributed by atoms with Gasteiger partial charge in [0.05, 0.1) is 16.4 Å². The van der Waals surface area contributed by atoms with Crippen LogP contribution in [0.1, 0.15) is 20.8 Å². The van der Waals surface area contributed by atoms with Crippen molar-refractivity contribution in [1.29, 1.82) is 0 Å². The molecule has 3 rings (SSSR count). The van der Waals surface area contributed by atoms with E-state index in [9.17, 15) is 4.79 Å². The average Bonchev–Trinajstić information content (AvgIpc) is 3.00. The largest absolute Gasteiger partial charge is 0.442 e. The fourth-order valence-electron chi connectivity index (χ4n) is 2.00. The van der Waals surface area contributed by atoms with E-state index in [2.05, 4.69) is 10.1 Å². The molecule has 0 atom stereocenters. The van der Waals surface area contributed by atoms with E-state index in [1.54, 1.807) is 12.4 Å². The van der Waals surface area contributed by atoms with Gasteiger partial charge in [0.15, 0.2) is 5.13 Å². The Bertz CT molecular complexity index is 845. The van der Waals surface area contributed by atoms with Crippen molar-refractivity contribution in [2.24, 2.45) is 0 Å². The van der Waals surface area contributed by atoms with Crippen LogP contribution in [0, 0.1) is 0 Å². The summed E-state index contributed by atoms with van der Waals surface area (Å²) >= 11 is 1.43. The number of carbonyl (C=O) groups is 1. The molecule has 1 aromatic carbocycles. The number of ether oxygens (including phenoxy) is 1. The highest BCUT2D eigenvalue weighted by Crippen LogP contribution is 2.29. The number of rotatable bonds is 1. The van der Waals surface area contributed by atoms with E-state index in [1.807, 2.05) is 39.0 Å². The Labute approximate surface area is 131 Å². The van der Waals surface area contributed by atoms with Crippen LogP contribution in [-0.2, 0) is 4.74 Å². The Hall–Kier alpha value is -2.41. The zero-order chi connectivity index (χ0) is 15.9. The third kappa shape index (κ3) is 2.94. The number of hydrogen-bond donors (Lipinski definition) is 1. The summed E-state index contributed by atoms with van der Waals surface area (Å²) in [6.45, 7) is 5.45. The maximum Gasteiger partial charge on any atom is 0.435 e. The summed E-state index contributed by atoms with van der Waals surface area (Å²) < 4.78 is 7.48. The Morgan fingerprint density at radius 2 is 2.09 bits per heavy atom. The van der Waals surface area contributed by atoms with Crippen molar-refractivity contribution >= 4 is 32.8 Å². The molecule has 6 nitrogen and oxygen atoms in total. The minimum atomic E-state index is -0.553. The maximum absolute atomic E-state index is 12.0. The van der Waals surface area contributed by atoms with Gasteiger partial charge in [0.2, 0.25) is 0 Å². The predicted octanol–water partition coefficient (Wildman–Crippen LogP) is 3.53. The van der Waals surface area contributed by atoms with Crippen LogP contribution < -0.4 is 5.73 Å². The fraction of sp³-hybridized carbons (Fsp3) is 0.267. The van der Waals surface area contributed by atoms with Crippen LogP contribution in [-0.4, -0.2) is 26.5 Å². The van der Waals surface area contributed by atoms with Gasteiger partial charge in [0.1, 0.15) is 5.60 Å². The molecule has 2 aromatic heterocycles. The summed E-state index contributed by atoms with van der Waals surface area (Å²) in [4.78, 5) is 16.2. The first-order valence-electron chi connectivity index (χ1n) is 6.76. The molecule has 0 spiro atoms. The first-order valence-corrected chi connectivity index (χ1v) is 7.58. The molecule has 0 fully saturated rings. The van der Waals surface area contributed by atoms with E-state index in [0.717, 1.165) is 21.3 Å². The van der Waals surface area contributed by atoms with Crippen LogP contribution in [0.5, 0.6) is 0 Å². The van der Waals surface area contributed by atoms with Crippen molar-refractivity contribution in [2.75, 3.05) is 5.73 Å². The Morgan fingerprint density at radius 3 is 2.82 bits per heavy atom. The van der Waals surface area contributed by atoms with Crippen molar-refractivity contribution in [3.05, 3.63) is 30.6 Å². The minimum absolute atomic E-state index is 0.498. The van der Waals surface area contributed by atoms with Crippen molar-refractivity contribution in [3.8, 4) is 11.1 Å². The normalized spacial score (nSPS) is 11.8. The molecule has 0 saturated heterocycles. The highest BCUT2D eigenvalue weighted by atomic mass is 32.1. The second-order valence-electron chi connectivity index (χ2n) is 5.89. The van der Waals surface area contributed by atoms with Crippen molar-refractivity contribution in [3.63, 3.8) is 0 Å². The molecule has 0 aliphatic heterocycles. The van der Waals surface area contributed by atoms with Gasteiger partial charge in [-0.15, -0.1) is 0 Å². The van der Waals surface area contributed by atoms with Gasteiger partial charge in [-0.1, -0.05) is 17.4 Å². The standard InChI is InChI=1S/C15H16N4O2S/c1-15(2,3)21-14(20)19-8-10(7-17-19)9-4-5-11-12(6-9)22-13(16)18-11/h4-8H,1-3H3,(H2,16,18). The van der Waals surface area contributed by atoms with Crippen LogP contribution in [0.15, 0.2) is 30.6 Å². The molecule has 0 aliphatic carbocycles. The van der Waals surface area contributed by atoms with Gasteiger partial charge in [-0.05, 0) is 38.5 Å². The Morgan fingerprint density at radius 1 is 1.32 bits per heavy atom. The molecule has 0 radical (unpaired) electrons. The molecule has 0 unspecified atom stereocenters.